The quantitative estimate of drug-likeness (QED) is 0.743. The third-order valence-electron chi connectivity index (χ3n) is 4.49. The molecule has 0 bridgehead atoms. The molecule has 3 N–H and O–H groups in total. The van der Waals surface area contributed by atoms with Crippen LogP contribution in [0, 0.1) is 5.92 Å². The van der Waals surface area contributed by atoms with Crippen molar-refractivity contribution in [3.8, 4) is 0 Å². The van der Waals surface area contributed by atoms with Gasteiger partial charge in [0.25, 0.3) is 5.91 Å². The summed E-state index contributed by atoms with van der Waals surface area (Å²) in [6.45, 7) is 0. The molecule has 2 amide bonds. The Hall–Kier alpha value is -1.95. The number of carbonyl (C=O) groups excluding carboxylic acids is 2. The van der Waals surface area contributed by atoms with Crippen LogP contribution in [-0.4, -0.2) is 36.2 Å². The Kier molecular flexibility index (Phi) is 5.17. The number of sulfonamides is 1. The number of hydrogen-bond donors (Lipinski definition) is 2. The average molecular weight is 437 g/mol. The van der Waals surface area contributed by atoms with Crippen LogP contribution >= 0.6 is 23.5 Å². The van der Waals surface area contributed by atoms with Gasteiger partial charge >= 0.3 is 0 Å². The molecule has 2 heterocycles. The van der Waals surface area contributed by atoms with Crippen LogP contribution < -0.4 is 10.5 Å². The van der Waals surface area contributed by atoms with Crippen LogP contribution in [-0.2, 0) is 19.6 Å². The Morgan fingerprint density at radius 2 is 2.00 bits per heavy atom. The highest BCUT2D eigenvalue weighted by atomic mass is 32.2. The number of nitrogens with one attached hydrogen (secondary N) is 1. The molecule has 2 aliphatic heterocycles. The zero-order chi connectivity index (χ0) is 19.9. The van der Waals surface area contributed by atoms with Crippen molar-refractivity contribution in [2.24, 2.45) is 21.0 Å². The average Bonchev–Trinajstić information content (AvgIpc) is 3.20. The van der Waals surface area contributed by atoms with Gasteiger partial charge in [-0.2, -0.15) is 4.99 Å². The van der Waals surface area contributed by atoms with Gasteiger partial charge in [-0.15, -0.1) is 0 Å². The van der Waals surface area contributed by atoms with Crippen molar-refractivity contribution in [2.75, 3.05) is 11.1 Å². The number of anilines is 1. The van der Waals surface area contributed by atoms with Gasteiger partial charge in [-0.3, -0.25) is 9.59 Å². The minimum atomic E-state index is -3.78. The lowest BCUT2D eigenvalue weighted by atomic mass is 9.98. The van der Waals surface area contributed by atoms with Crippen LogP contribution in [0.15, 0.2) is 49.6 Å². The molecule has 4 rings (SSSR count). The summed E-state index contributed by atoms with van der Waals surface area (Å²) in [5.41, 5.74) is 1.61. The highest BCUT2D eigenvalue weighted by Gasteiger charge is 2.41. The van der Waals surface area contributed by atoms with Gasteiger partial charge in [0.1, 0.15) is 5.92 Å². The minimum Gasteiger partial charge on any atom is -0.325 e. The number of amidine groups is 1. The summed E-state index contributed by atoms with van der Waals surface area (Å²) in [5, 5.41) is 8.76. The molecule has 28 heavy (non-hydrogen) atoms. The fraction of sp³-hybridized carbons (Fsp3) is 0.294. The second kappa shape index (κ2) is 7.47. The number of nitrogens with two attached hydrogens (primary N) is 1. The molecule has 1 atom stereocenters. The summed E-state index contributed by atoms with van der Waals surface area (Å²) in [6, 6.07) is 5.55. The maximum Gasteiger partial charge on any atom is 0.262 e. The van der Waals surface area contributed by atoms with Crippen LogP contribution in [0.5, 0.6) is 0 Å². The number of hydrogen-bond acceptors (Lipinski definition) is 7. The molecule has 3 aliphatic rings. The van der Waals surface area contributed by atoms with Crippen molar-refractivity contribution >= 4 is 61.3 Å². The molecule has 1 aromatic carbocycles. The van der Waals surface area contributed by atoms with Crippen molar-refractivity contribution in [1.29, 1.82) is 0 Å². The molecule has 0 aromatic heterocycles. The molecule has 8 nitrogen and oxygen atoms in total. The van der Waals surface area contributed by atoms with Gasteiger partial charge in [0.05, 0.1) is 15.7 Å². The van der Waals surface area contributed by atoms with E-state index >= 15 is 0 Å². The maximum atomic E-state index is 12.4. The number of carbonyl (C=O) groups is 2. The number of benzene rings is 1. The zero-order valence-electron chi connectivity index (χ0n) is 14.5. The van der Waals surface area contributed by atoms with E-state index in [0.29, 0.717) is 10.9 Å². The summed E-state index contributed by atoms with van der Waals surface area (Å²) in [6.07, 6.45) is 3.01. The monoisotopic (exact) mass is 436 g/mol. The number of aliphatic imine (C=N–C) groups is 2. The van der Waals surface area contributed by atoms with Crippen molar-refractivity contribution < 1.29 is 18.0 Å². The molecular formula is C17H16N4O4S3. The van der Waals surface area contributed by atoms with Crippen molar-refractivity contribution in [3.05, 3.63) is 34.7 Å². The zero-order valence-corrected chi connectivity index (χ0v) is 17.0. The van der Waals surface area contributed by atoms with E-state index in [2.05, 4.69) is 15.3 Å². The van der Waals surface area contributed by atoms with E-state index in [1.807, 2.05) is 0 Å². The Morgan fingerprint density at radius 3 is 2.71 bits per heavy atom. The largest absolute Gasteiger partial charge is 0.325 e. The second-order valence-electron chi connectivity index (χ2n) is 6.43. The molecule has 0 spiro atoms. The summed E-state index contributed by atoms with van der Waals surface area (Å²) in [4.78, 5) is 34.2. The van der Waals surface area contributed by atoms with Crippen LogP contribution in [0.3, 0.4) is 0 Å². The van der Waals surface area contributed by atoms with E-state index in [1.54, 1.807) is 11.8 Å². The number of primary sulfonamides is 1. The molecule has 1 unspecified atom stereocenters. The third kappa shape index (κ3) is 3.93. The van der Waals surface area contributed by atoms with Crippen LogP contribution in [0.25, 0.3) is 0 Å². The summed E-state index contributed by atoms with van der Waals surface area (Å²) in [5.74, 6) is -0.795. The van der Waals surface area contributed by atoms with Gasteiger partial charge in [0.15, 0.2) is 5.17 Å². The van der Waals surface area contributed by atoms with Gasteiger partial charge in [0.2, 0.25) is 15.9 Å². The number of nitrogens with zero attached hydrogens (tertiary/aromatic N) is 2. The number of rotatable bonds is 4. The molecule has 0 saturated carbocycles. The molecule has 0 radical (unpaired) electrons. The van der Waals surface area contributed by atoms with Gasteiger partial charge in [0, 0.05) is 5.69 Å². The molecule has 0 fully saturated rings. The predicted octanol–water partition coefficient (Wildman–Crippen LogP) is 2.10. The first kappa shape index (κ1) is 19.4. The molecule has 146 valence electrons. The fourth-order valence-electron chi connectivity index (χ4n) is 3.24. The Morgan fingerprint density at radius 1 is 1.25 bits per heavy atom. The van der Waals surface area contributed by atoms with Gasteiger partial charge in [-0.1, -0.05) is 23.5 Å². The third-order valence-corrected chi connectivity index (χ3v) is 7.51. The molecule has 1 aliphatic carbocycles. The second-order valence-corrected chi connectivity index (χ2v) is 10.0. The number of amides is 2. The molecule has 0 saturated heterocycles. The number of allylic oxidation sites excluding steroid dienone is 1. The smallest absolute Gasteiger partial charge is 0.262 e. The predicted molar refractivity (Wildman–Crippen MR) is 111 cm³/mol. The van der Waals surface area contributed by atoms with Gasteiger partial charge in [-0.05, 0) is 54.0 Å². The van der Waals surface area contributed by atoms with Crippen molar-refractivity contribution in [2.45, 2.75) is 24.2 Å². The highest BCUT2D eigenvalue weighted by molar-refractivity contribution is 8.18. The molecular weight excluding hydrogens is 420 g/mol. The number of thioether (sulfide) groups is 2. The lowest BCUT2D eigenvalue weighted by Crippen LogP contribution is -2.25. The molecule has 11 heteroatoms. The maximum absolute atomic E-state index is 12.4. The van der Waals surface area contributed by atoms with Crippen LogP contribution in [0.4, 0.5) is 5.69 Å². The summed E-state index contributed by atoms with van der Waals surface area (Å²) < 4.78 is 22.5. The van der Waals surface area contributed by atoms with Crippen LogP contribution in [0.1, 0.15) is 19.3 Å². The van der Waals surface area contributed by atoms with E-state index in [4.69, 9.17) is 5.14 Å². The van der Waals surface area contributed by atoms with Crippen molar-refractivity contribution in [3.63, 3.8) is 0 Å². The van der Waals surface area contributed by atoms with E-state index in [9.17, 15) is 18.0 Å². The summed E-state index contributed by atoms with van der Waals surface area (Å²) in [7, 11) is -3.78. The standard InChI is InChI=1S/C17H16N4O4S3/c18-28(24,25)10-6-4-9(5-7-10)19-13(22)8-26-17-20-15(23)14-11-2-1-3-12(11)27-16(14)21-17/h4-7,14H,1-3,8H2,(H,19,22)(H2,18,24,25). The minimum absolute atomic E-state index is 0.0301. The lowest BCUT2D eigenvalue weighted by molar-refractivity contribution is -0.119. The first-order chi connectivity index (χ1) is 13.3. The van der Waals surface area contributed by atoms with Gasteiger partial charge in [-0.25, -0.2) is 18.5 Å². The van der Waals surface area contributed by atoms with E-state index in [-0.39, 0.29) is 28.4 Å². The van der Waals surface area contributed by atoms with Crippen LogP contribution in [0.2, 0.25) is 0 Å². The van der Waals surface area contributed by atoms with Crippen molar-refractivity contribution in [1.82, 2.24) is 0 Å². The Labute approximate surface area is 170 Å². The number of fused-ring (bicyclic) bond motifs is 2. The lowest BCUT2D eigenvalue weighted by Gasteiger charge is -2.15. The van der Waals surface area contributed by atoms with E-state index < -0.39 is 10.0 Å². The SMILES string of the molecule is NS(=O)(=O)c1ccc(NC(=O)CSC2=NC(=O)C3C(=N2)SC2=C3CCC2)cc1. The first-order valence-electron chi connectivity index (χ1n) is 8.47. The van der Waals surface area contributed by atoms with E-state index in [0.717, 1.165) is 36.1 Å². The topological polar surface area (TPSA) is 131 Å². The van der Waals surface area contributed by atoms with E-state index in [1.165, 1.54) is 34.7 Å². The Balaban J connectivity index is 1.34. The fourth-order valence-corrected chi connectivity index (χ4v) is 5.80. The Bertz CT molecular complexity index is 1060. The molecule has 1 aromatic rings. The highest BCUT2D eigenvalue weighted by Crippen LogP contribution is 2.49. The normalized spacial score (nSPS) is 21.2. The first-order valence-corrected chi connectivity index (χ1v) is 11.8. The summed E-state index contributed by atoms with van der Waals surface area (Å²) >= 11 is 2.66. The van der Waals surface area contributed by atoms with Gasteiger partial charge < -0.3 is 5.32 Å².